The third-order valence-electron chi connectivity index (χ3n) is 4.91. The number of carbonyl (C=O) groups is 1. The number of anilines is 2. The molecule has 0 aliphatic carbocycles. The molecule has 0 aliphatic rings. The molecular weight excluding hydrogens is 478 g/mol. The van der Waals surface area contributed by atoms with Crippen LogP contribution in [0.15, 0.2) is 48.7 Å². The van der Waals surface area contributed by atoms with Gasteiger partial charge in [-0.3, -0.25) is 9.20 Å². The van der Waals surface area contributed by atoms with Gasteiger partial charge >= 0.3 is 6.18 Å². The molecule has 1 amide bonds. The summed E-state index contributed by atoms with van der Waals surface area (Å²) >= 11 is 6.11. The number of nitrogens with two attached hydrogens (primary N) is 1. The van der Waals surface area contributed by atoms with Gasteiger partial charge in [-0.25, -0.2) is 14.4 Å². The van der Waals surface area contributed by atoms with E-state index in [1.165, 1.54) is 12.1 Å². The summed E-state index contributed by atoms with van der Waals surface area (Å²) in [5, 5.41) is 12.3. The number of aliphatic hydroxyl groups excluding tert-OH is 1. The van der Waals surface area contributed by atoms with Crippen molar-refractivity contribution in [3.8, 4) is 11.3 Å². The van der Waals surface area contributed by atoms with E-state index >= 15 is 4.39 Å². The number of aliphatic hydroxyl groups is 1. The Balaban J connectivity index is 1.67. The number of imidazole rings is 1. The average molecular weight is 497 g/mol. The lowest BCUT2D eigenvalue weighted by Crippen LogP contribution is -2.21. The number of benzene rings is 2. The molecule has 4 rings (SSSR count). The fourth-order valence-electron chi connectivity index (χ4n) is 3.33. The highest BCUT2D eigenvalue weighted by molar-refractivity contribution is 6.29. The average Bonchev–Trinajstić information content (AvgIpc) is 3.23. The standard InChI is InChI=1S/C22H16ClF4N5O2/c1-10-30-17(18-20(28)29-9-16(23)32(10)18)14-6-5-13(8-15(14)24)31-21(34)19(33)11-3-2-4-12(7-11)22(25,26)27/h2-9,19,33H,1H3,(H2,28,29)(H,31,34)/t19-/m0/s1/i1D3. The van der Waals surface area contributed by atoms with Gasteiger partial charge in [0.15, 0.2) is 6.10 Å². The van der Waals surface area contributed by atoms with E-state index in [2.05, 4.69) is 15.3 Å². The highest BCUT2D eigenvalue weighted by Crippen LogP contribution is 2.34. The minimum absolute atomic E-state index is 0.0470. The van der Waals surface area contributed by atoms with E-state index in [1.807, 2.05) is 0 Å². The number of nitrogens with one attached hydrogen (secondary N) is 1. The molecule has 1 atom stereocenters. The molecular formula is C22H16ClF4N5O2. The van der Waals surface area contributed by atoms with Gasteiger partial charge in [-0.1, -0.05) is 23.7 Å². The smallest absolute Gasteiger partial charge is 0.382 e. The van der Waals surface area contributed by atoms with Gasteiger partial charge < -0.3 is 16.2 Å². The molecule has 0 aliphatic heterocycles. The van der Waals surface area contributed by atoms with Crippen molar-refractivity contribution in [2.45, 2.75) is 19.1 Å². The van der Waals surface area contributed by atoms with Crippen LogP contribution in [-0.4, -0.2) is 25.4 Å². The largest absolute Gasteiger partial charge is 0.416 e. The molecule has 4 N–H and O–H groups in total. The molecule has 34 heavy (non-hydrogen) atoms. The topological polar surface area (TPSA) is 106 Å². The molecule has 4 aromatic rings. The summed E-state index contributed by atoms with van der Waals surface area (Å²) in [5.41, 5.74) is 3.99. The van der Waals surface area contributed by atoms with Crippen LogP contribution in [-0.2, 0) is 11.0 Å². The highest BCUT2D eigenvalue weighted by Gasteiger charge is 2.31. The molecule has 2 aromatic carbocycles. The summed E-state index contributed by atoms with van der Waals surface area (Å²) in [4.78, 5) is 20.3. The van der Waals surface area contributed by atoms with Gasteiger partial charge in [-0.2, -0.15) is 13.2 Å². The Morgan fingerprint density at radius 3 is 2.74 bits per heavy atom. The molecule has 7 nitrogen and oxygen atoms in total. The third kappa shape index (κ3) is 4.27. The second kappa shape index (κ2) is 8.58. The van der Waals surface area contributed by atoms with Gasteiger partial charge in [-0.15, -0.1) is 0 Å². The number of hydrogen-bond donors (Lipinski definition) is 3. The second-order valence-corrected chi connectivity index (χ2v) is 7.53. The predicted molar refractivity (Wildman–Crippen MR) is 118 cm³/mol. The van der Waals surface area contributed by atoms with Gasteiger partial charge in [0.1, 0.15) is 33.8 Å². The Labute approximate surface area is 199 Å². The third-order valence-corrected chi connectivity index (χ3v) is 5.18. The zero-order valence-electron chi connectivity index (χ0n) is 19.9. The van der Waals surface area contributed by atoms with E-state index in [1.54, 1.807) is 0 Å². The first-order valence-electron chi connectivity index (χ1n) is 11.0. The number of carbonyl (C=O) groups excluding carboxylic acids is 1. The van der Waals surface area contributed by atoms with Gasteiger partial charge in [0.25, 0.3) is 5.91 Å². The lowest BCUT2D eigenvalue weighted by Gasteiger charge is -2.14. The highest BCUT2D eigenvalue weighted by atomic mass is 35.5. The summed E-state index contributed by atoms with van der Waals surface area (Å²) < 4.78 is 78.1. The quantitative estimate of drug-likeness (QED) is 0.353. The predicted octanol–water partition coefficient (Wildman–Crippen LogP) is 4.77. The Hall–Kier alpha value is -3.70. The van der Waals surface area contributed by atoms with E-state index < -0.39 is 42.2 Å². The first-order valence-corrected chi connectivity index (χ1v) is 9.85. The number of nitrogen functional groups attached to an aromatic ring is 1. The van der Waals surface area contributed by atoms with Crippen LogP contribution in [0.1, 0.15) is 27.2 Å². The fraction of sp³-hybridized carbons (Fsp3) is 0.136. The second-order valence-electron chi connectivity index (χ2n) is 7.14. The lowest BCUT2D eigenvalue weighted by atomic mass is 10.0. The van der Waals surface area contributed by atoms with E-state index in [0.29, 0.717) is 6.07 Å². The van der Waals surface area contributed by atoms with Crippen LogP contribution in [0.3, 0.4) is 0 Å². The van der Waals surface area contributed by atoms with Crippen LogP contribution in [0.4, 0.5) is 29.1 Å². The van der Waals surface area contributed by atoms with Crippen molar-refractivity contribution in [1.82, 2.24) is 14.4 Å². The first-order chi connectivity index (χ1) is 17.2. The first kappa shape index (κ1) is 19.7. The number of halogens is 5. The lowest BCUT2D eigenvalue weighted by molar-refractivity contribution is -0.138. The van der Waals surface area contributed by atoms with Crippen molar-refractivity contribution in [1.29, 1.82) is 0 Å². The summed E-state index contributed by atoms with van der Waals surface area (Å²) in [5.74, 6) is -2.70. The summed E-state index contributed by atoms with van der Waals surface area (Å²) in [6.07, 6.45) is -5.53. The molecule has 0 saturated carbocycles. The monoisotopic (exact) mass is 496 g/mol. The van der Waals surface area contributed by atoms with Gasteiger partial charge in [0.2, 0.25) is 0 Å². The molecule has 2 heterocycles. The number of alkyl halides is 3. The van der Waals surface area contributed by atoms with Crippen LogP contribution >= 0.6 is 11.6 Å². The number of fused-ring (bicyclic) bond motifs is 1. The zero-order valence-corrected chi connectivity index (χ0v) is 17.6. The Morgan fingerprint density at radius 1 is 1.29 bits per heavy atom. The maximum Gasteiger partial charge on any atom is 0.416 e. The molecule has 12 heteroatoms. The normalized spacial score (nSPS) is 14.4. The number of hydrogen-bond acceptors (Lipinski definition) is 5. The van der Waals surface area contributed by atoms with E-state index in [4.69, 9.17) is 21.4 Å². The Bertz CT molecular complexity index is 1520. The van der Waals surface area contributed by atoms with E-state index in [9.17, 15) is 23.1 Å². The van der Waals surface area contributed by atoms with Crippen molar-refractivity contribution in [2.75, 3.05) is 11.1 Å². The van der Waals surface area contributed by atoms with Crippen molar-refractivity contribution in [2.24, 2.45) is 0 Å². The molecule has 176 valence electrons. The van der Waals surface area contributed by atoms with Crippen LogP contribution in [0.2, 0.25) is 5.15 Å². The number of aryl methyl sites for hydroxylation is 1. The molecule has 2 aromatic heterocycles. The van der Waals surface area contributed by atoms with Crippen molar-refractivity contribution < 1.29 is 31.6 Å². The molecule has 0 radical (unpaired) electrons. The zero-order chi connectivity index (χ0) is 27.3. The molecule has 0 unspecified atom stereocenters. The van der Waals surface area contributed by atoms with Crippen molar-refractivity contribution in [3.63, 3.8) is 0 Å². The van der Waals surface area contributed by atoms with E-state index in [-0.39, 0.29) is 39.0 Å². The number of nitrogens with zero attached hydrogens (tertiary/aromatic N) is 3. The summed E-state index contributed by atoms with van der Waals surface area (Å²) in [7, 11) is 0. The SMILES string of the molecule is [2H]C([2H])([2H])c1nc(-c2ccc(NC(=O)[C@@H](O)c3cccc(C(F)(F)F)c3)cc2F)c2c(N)ncc(Cl)n12. The maximum atomic E-state index is 15.1. The van der Waals surface area contributed by atoms with E-state index in [0.717, 1.165) is 34.9 Å². The summed E-state index contributed by atoms with van der Waals surface area (Å²) in [6.45, 7) is -2.73. The minimum atomic E-state index is -4.68. The number of rotatable bonds is 4. The van der Waals surface area contributed by atoms with Crippen LogP contribution in [0, 0.1) is 12.7 Å². The Kier molecular flexibility index (Phi) is 4.98. The molecule has 0 bridgehead atoms. The molecule has 0 saturated heterocycles. The van der Waals surface area contributed by atoms with Crippen LogP contribution in [0.5, 0.6) is 0 Å². The maximum absolute atomic E-state index is 15.1. The molecule has 0 fully saturated rings. The van der Waals surface area contributed by atoms with Gasteiger partial charge in [0, 0.05) is 15.4 Å². The summed E-state index contributed by atoms with van der Waals surface area (Å²) in [6, 6.07) is 6.86. The molecule has 0 spiro atoms. The van der Waals surface area contributed by atoms with Gasteiger partial charge in [0.05, 0.1) is 11.8 Å². The Morgan fingerprint density at radius 2 is 2.06 bits per heavy atom. The fourth-order valence-corrected chi connectivity index (χ4v) is 3.54. The van der Waals surface area contributed by atoms with Crippen molar-refractivity contribution >= 4 is 34.5 Å². The van der Waals surface area contributed by atoms with Crippen LogP contribution < -0.4 is 11.1 Å². The number of amides is 1. The van der Waals surface area contributed by atoms with Crippen LogP contribution in [0.25, 0.3) is 16.8 Å². The minimum Gasteiger partial charge on any atom is -0.382 e. The number of aromatic nitrogens is 3. The van der Waals surface area contributed by atoms with Crippen molar-refractivity contribution in [3.05, 3.63) is 76.6 Å². The van der Waals surface area contributed by atoms with Gasteiger partial charge in [-0.05, 0) is 42.7 Å².